The van der Waals surface area contributed by atoms with Crippen LogP contribution in [0.1, 0.15) is 50.3 Å². The summed E-state index contributed by atoms with van der Waals surface area (Å²) in [6.45, 7) is 8.38. The van der Waals surface area contributed by atoms with E-state index in [0.29, 0.717) is 0 Å². The summed E-state index contributed by atoms with van der Waals surface area (Å²) >= 11 is 1.16. The average Bonchev–Trinajstić information content (AvgIpc) is 3.52. The monoisotopic (exact) mass is 554 g/mol. The van der Waals surface area contributed by atoms with E-state index in [9.17, 15) is 9.59 Å². The second-order valence-corrected chi connectivity index (χ2v) is 12.3. The van der Waals surface area contributed by atoms with Crippen molar-refractivity contribution in [2.75, 3.05) is 13.2 Å². The van der Waals surface area contributed by atoms with Gasteiger partial charge in [-0.1, -0.05) is 72.0 Å². The number of benzene rings is 3. The Hall–Kier alpha value is -3.66. The molecule has 3 aromatic carbocycles. The molecule has 0 unspecified atom stereocenters. The number of rotatable bonds is 6. The molecule has 0 radical (unpaired) electrons. The maximum atomic E-state index is 12.9. The molecule has 1 aromatic heterocycles. The van der Waals surface area contributed by atoms with Gasteiger partial charge in [-0.15, -0.1) is 0 Å². The number of fused-ring (bicyclic) bond motifs is 4. The van der Waals surface area contributed by atoms with Crippen molar-refractivity contribution in [3.8, 4) is 11.1 Å². The minimum absolute atomic E-state index is 0.0171. The van der Waals surface area contributed by atoms with Gasteiger partial charge < -0.3 is 24.3 Å². The molecule has 1 amide bonds. The van der Waals surface area contributed by atoms with Gasteiger partial charge in [0.15, 0.2) is 0 Å². The van der Waals surface area contributed by atoms with E-state index in [4.69, 9.17) is 14.0 Å². The zero-order valence-electron chi connectivity index (χ0n) is 22.9. The number of carbonyl (C=O) groups is 1. The summed E-state index contributed by atoms with van der Waals surface area (Å²) in [5.41, 5.74) is 6.03. The molecule has 204 valence electrons. The first-order chi connectivity index (χ1) is 19.1. The number of thiazole rings is 1. The lowest BCUT2D eigenvalue weighted by Gasteiger charge is -2.32. The number of hydrogen-bond donors (Lipinski definition) is 2. The van der Waals surface area contributed by atoms with E-state index < -0.39 is 24.4 Å². The second-order valence-electron chi connectivity index (χ2n) is 11.3. The number of aromatic amines is 1. The SMILES string of the molecule is CC1(C)OB(C(=Cc2ccc3[nH]c(=O)sc3c2)CNC(=O)OCC2c3ccccc3-c3ccccc32)OC1(C)C. The quantitative estimate of drug-likeness (QED) is 0.280. The number of H-pyrrole nitrogens is 1. The fraction of sp³-hybridized carbons (Fsp3) is 0.290. The normalized spacial score (nSPS) is 17.6. The van der Waals surface area contributed by atoms with Crippen LogP contribution >= 0.6 is 11.3 Å². The van der Waals surface area contributed by atoms with Crippen molar-refractivity contribution in [2.45, 2.75) is 44.8 Å². The summed E-state index contributed by atoms with van der Waals surface area (Å²) in [5.74, 6) is -0.0171. The van der Waals surface area contributed by atoms with E-state index in [-0.39, 0.29) is 23.9 Å². The van der Waals surface area contributed by atoms with Gasteiger partial charge in [-0.05, 0) is 73.1 Å². The molecule has 1 aliphatic carbocycles. The smallest absolute Gasteiger partial charge is 0.449 e. The van der Waals surface area contributed by atoms with Crippen molar-refractivity contribution in [3.05, 3.63) is 98.6 Å². The van der Waals surface area contributed by atoms with Gasteiger partial charge in [0.05, 0.1) is 21.4 Å². The second kappa shape index (κ2) is 10.1. The van der Waals surface area contributed by atoms with Crippen LogP contribution in [0.25, 0.3) is 27.4 Å². The first kappa shape index (κ1) is 26.6. The van der Waals surface area contributed by atoms with Gasteiger partial charge in [-0.25, -0.2) is 4.79 Å². The summed E-state index contributed by atoms with van der Waals surface area (Å²) in [5, 5.41) is 2.90. The summed E-state index contributed by atoms with van der Waals surface area (Å²) < 4.78 is 19.2. The fourth-order valence-electron chi connectivity index (χ4n) is 5.29. The van der Waals surface area contributed by atoms with Crippen molar-refractivity contribution in [1.29, 1.82) is 0 Å². The van der Waals surface area contributed by atoms with E-state index in [2.05, 4.69) is 34.6 Å². The summed E-state index contributed by atoms with van der Waals surface area (Å²) in [6, 6.07) is 22.2. The lowest BCUT2D eigenvalue weighted by atomic mass is 9.77. The maximum Gasteiger partial charge on any atom is 0.492 e. The molecular weight excluding hydrogens is 523 g/mol. The molecule has 0 spiro atoms. The highest BCUT2D eigenvalue weighted by Crippen LogP contribution is 2.44. The highest BCUT2D eigenvalue weighted by atomic mass is 32.1. The number of ether oxygens (including phenoxy) is 1. The molecule has 9 heteroatoms. The molecule has 0 bridgehead atoms. The molecule has 2 N–H and O–H groups in total. The Morgan fingerprint density at radius 3 is 2.27 bits per heavy atom. The van der Waals surface area contributed by atoms with E-state index in [1.54, 1.807) is 0 Å². The van der Waals surface area contributed by atoms with Crippen molar-refractivity contribution < 1.29 is 18.8 Å². The van der Waals surface area contributed by atoms with Gasteiger partial charge in [-0.3, -0.25) is 4.79 Å². The van der Waals surface area contributed by atoms with Crippen LogP contribution in [0.2, 0.25) is 0 Å². The Balaban J connectivity index is 1.19. The van der Waals surface area contributed by atoms with Crippen LogP contribution in [0.4, 0.5) is 4.79 Å². The van der Waals surface area contributed by atoms with Crippen LogP contribution in [0.5, 0.6) is 0 Å². The van der Waals surface area contributed by atoms with Gasteiger partial charge in [0.25, 0.3) is 0 Å². The summed E-state index contributed by atoms with van der Waals surface area (Å²) in [7, 11) is -0.653. The molecule has 40 heavy (non-hydrogen) atoms. The summed E-state index contributed by atoms with van der Waals surface area (Å²) in [6.07, 6.45) is 1.43. The first-order valence-electron chi connectivity index (χ1n) is 13.4. The molecule has 2 aliphatic rings. The highest BCUT2D eigenvalue weighted by molar-refractivity contribution is 7.16. The Bertz CT molecular complexity index is 1630. The lowest BCUT2D eigenvalue weighted by Crippen LogP contribution is -2.41. The molecule has 7 nitrogen and oxygen atoms in total. The predicted molar refractivity (Wildman–Crippen MR) is 160 cm³/mol. The third kappa shape index (κ3) is 4.89. The van der Waals surface area contributed by atoms with Gasteiger partial charge >= 0.3 is 18.1 Å². The number of alkyl carbamates (subject to hydrolysis) is 1. The molecule has 1 aliphatic heterocycles. The zero-order valence-corrected chi connectivity index (χ0v) is 23.8. The largest absolute Gasteiger partial charge is 0.492 e. The standard InChI is InChI=1S/C31H31BN2O5S/c1-30(2)31(3,4)39-32(38-30)20(15-19-13-14-26-27(16-19)40-29(36)34-26)17-33-28(35)37-18-25-23-11-7-5-9-21(23)22-10-6-8-12-24(22)25/h5-16,25H,17-18H2,1-4H3,(H,33,35)(H,34,36). The summed E-state index contributed by atoms with van der Waals surface area (Å²) in [4.78, 5) is 27.5. The molecule has 1 fully saturated rings. The number of aromatic nitrogens is 1. The van der Waals surface area contributed by atoms with E-state index in [1.165, 1.54) is 11.1 Å². The molecule has 0 saturated carbocycles. The van der Waals surface area contributed by atoms with Crippen LogP contribution < -0.4 is 10.2 Å². The highest BCUT2D eigenvalue weighted by Gasteiger charge is 2.52. The fourth-order valence-corrected chi connectivity index (χ4v) is 6.07. The van der Waals surface area contributed by atoms with Crippen molar-refractivity contribution in [3.63, 3.8) is 0 Å². The molecular formula is C31H31BN2O5S. The number of amides is 1. The third-order valence-electron chi connectivity index (χ3n) is 8.13. The van der Waals surface area contributed by atoms with E-state index in [0.717, 1.165) is 43.7 Å². The minimum Gasteiger partial charge on any atom is -0.449 e. The van der Waals surface area contributed by atoms with Crippen LogP contribution in [0, 0.1) is 0 Å². The van der Waals surface area contributed by atoms with Gasteiger partial charge in [-0.2, -0.15) is 0 Å². The first-order valence-corrected chi connectivity index (χ1v) is 14.2. The van der Waals surface area contributed by atoms with E-state index in [1.807, 2.05) is 76.2 Å². The van der Waals surface area contributed by atoms with Gasteiger partial charge in [0.1, 0.15) is 6.61 Å². The average molecular weight is 554 g/mol. The Morgan fingerprint density at radius 1 is 1.00 bits per heavy atom. The van der Waals surface area contributed by atoms with Gasteiger partial charge in [0.2, 0.25) is 0 Å². The molecule has 0 atom stereocenters. The molecule has 4 aromatic rings. The molecule has 1 saturated heterocycles. The Kier molecular flexibility index (Phi) is 6.69. The molecule has 6 rings (SSSR count). The van der Waals surface area contributed by atoms with Crippen LogP contribution in [0.3, 0.4) is 0 Å². The van der Waals surface area contributed by atoms with Crippen LogP contribution in [0.15, 0.2) is 77.0 Å². The van der Waals surface area contributed by atoms with Crippen molar-refractivity contribution in [2.24, 2.45) is 0 Å². The predicted octanol–water partition coefficient (Wildman–Crippen LogP) is 6.14. The van der Waals surface area contributed by atoms with Crippen molar-refractivity contribution in [1.82, 2.24) is 10.3 Å². The van der Waals surface area contributed by atoms with Crippen molar-refractivity contribution >= 4 is 40.8 Å². The Labute approximate surface area is 237 Å². The number of carbonyl (C=O) groups excluding carboxylic acids is 1. The topological polar surface area (TPSA) is 89.7 Å². The number of nitrogens with one attached hydrogen (secondary N) is 2. The molecule has 2 heterocycles. The number of hydrogen-bond acceptors (Lipinski definition) is 6. The van der Waals surface area contributed by atoms with Crippen LogP contribution in [-0.2, 0) is 14.0 Å². The third-order valence-corrected chi connectivity index (χ3v) is 8.98. The zero-order chi connectivity index (χ0) is 28.1. The Morgan fingerprint density at radius 2 is 1.62 bits per heavy atom. The lowest BCUT2D eigenvalue weighted by molar-refractivity contribution is 0.00578. The van der Waals surface area contributed by atoms with Crippen LogP contribution in [-0.4, -0.2) is 42.5 Å². The van der Waals surface area contributed by atoms with E-state index >= 15 is 0 Å². The maximum absolute atomic E-state index is 12.9. The minimum atomic E-state index is -0.653. The van der Waals surface area contributed by atoms with Gasteiger partial charge in [0, 0.05) is 12.5 Å².